The molecule has 5 nitrogen and oxygen atoms in total. The third-order valence-corrected chi connectivity index (χ3v) is 3.28. The zero-order valence-corrected chi connectivity index (χ0v) is 12.9. The maximum absolute atomic E-state index is 14.3. The number of halogens is 2. The summed E-state index contributed by atoms with van der Waals surface area (Å²) in [4.78, 5) is 23.9. The summed E-state index contributed by atoms with van der Waals surface area (Å²) in [6, 6.07) is 8.95. The highest BCUT2D eigenvalue weighted by Gasteiger charge is 2.26. The highest BCUT2D eigenvalue weighted by Crippen LogP contribution is 2.24. The zero-order chi connectivity index (χ0) is 17.7. The number of rotatable bonds is 6. The second-order valence-electron chi connectivity index (χ2n) is 4.89. The van der Waals surface area contributed by atoms with E-state index in [2.05, 4.69) is 5.32 Å². The molecule has 2 amide bonds. The molecule has 0 aromatic heterocycles. The first-order valence-corrected chi connectivity index (χ1v) is 7.21. The Bertz CT molecular complexity index is 751. The van der Waals surface area contributed by atoms with Gasteiger partial charge in [0.2, 0.25) is 5.91 Å². The molecular formula is C17H16F2N2O3. The van der Waals surface area contributed by atoms with Crippen LogP contribution in [0.5, 0.6) is 5.75 Å². The Morgan fingerprint density at radius 1 is 1.17 bits per heavy atom. The van der Waals surface area contributed by atoms with Crippen LogP contribution in [0.2, 0.25) is 0 Å². The molecule has 0 aliphatic carbocycles. The Kier molecular flexibility index (Phi) is 5.47. The normalized spacial score (nSPS) is 11.6. The van der Waals surface area contributed by atoms with Crippen LogP contribution in [0.4, 0.5) is 8.78 Å². The SMILES string of the molecule is CCOc1ccc(F)c(C(=O)NC(C(N)=O)c2ccccc2)c1F. The Morgan fingerprint density at radius 2 is 1.83 bits per heavy atom. The number of nitrogens with two attached hydrogens (primary N) is 1. The van der Waals surface area contributed by atoms with Crippen molar-refractivity contribution in [2.24, 2.45) is 5.73 Å². The predicted octanol–water partition coefficient (Wildman–Crippen LogP) is 2.32. The standard InChI is InChI=1S/C17H16F2N2O3/c1-2-24-12-9-8-11(18)13(14(12)19)17(23)21-15(16(20)22)10-6-4-3-5-7-10/h3-9,15H,2H2,1H3,(H2,20,22)(H,21,23). The number of nitrogens with one attached hydrogen (secondary N) is 1. The molecule has 1 unspecified atom stereocenters. The van der Waals surface area contributed by atoms with E-state index >= 15 is 0 Å². The molecule has 1 atom stereocenters. The van der Waals surface area contributed by atoms with Gasteiger partial charge in [0.1, 0.15) is 17.4 Å². The largest absolute Gasteiger partial charge is 0.491 e. The summed E-state index contributed by atoms with van der Waals surface area (Å²) in [5.74, 6) is -4.40. The number of hydrogen-bond acceptors (Lipinski definition) is 3. The van der Waals surface area contributed by atoms with Gasteiger partial charge in [0.05, 0.1) is 6.61 Å². The number of benzene rings is 2. The molecule has 126 valence electrons. The van der Waals surface area contributed by atoms with Gasteiger partial charge in [-0.1, -0.05) is 30.3 Å². The molecule has 2 aromatic carbocycles. The topological polar surface area (TPSA) is 81.4 Å². The molecule has 3 N–H and O–H groups in total. The second kappa shape index (κ2) is 7.54. The molecule has 0 saturated heterocycles. The maximum atomic E-state index is 14.3. The lowest BCUT2D eigenvalue weighted by Crippen LogP contribution is -2.38. The average Bonchev–Trinajstić information content (AvgIpc) is 2.56. The second-order valence-corrected chi connectivity index (χ2v) is 4.89. The minimum Gasteiger partial charge on any atom is -0.491 e. The number of ether oxygens (including phenoxy) is 1. The third-order valence-electron chi connectivity index (χ3n) is 3.28. The average molecular weight is 334 g/mol. The van der Waals surface area contributed by atoms with E-state index in [-0.39, 0.29) is 12.4 Å². The van der Waals surface area contributed by atoms with Crippen LogP contribution in [0, 0.1) is 11.6 Å². The van der Waals surface area contributed by atoms with Gasteiger partial charge in [-0.05, 0) is 24.6 Å². The van der Waals surface area contributed by atoms with E-state index < -0.39 is 35.1 Å². The van der Waals surface area contributed by atoms with Crippen LogP contribution in [0.15, 0.2) is 42.5 Å². The Balaban J connectivity index is 2.34. The highest BCUT2D eigenvalue weighted by atomic mass is 19.1. The van der Waals surface area contributed by atoms with Crippen molar-refractivity contribution in [2.45, 2.75) is 13.0 Å². The molecular weight excluding hydrogens is 318 g/mol. The molecule has 0 bridgehead atoms. The van der Waals surface area contributed by atoms with Crippen LogP contribution in [0.3, 0.4) is 0 Å². The van der Waals surface area contributed by atoms with Gasteiger partial charge in [-0.3, -0.25) is 9.59 Å². The molecule has 2 aromatic rings. The van der Waals surface area contributed by atoms with E-state index in [0.29, 0.717) is 5.56 Å². The van der Waals surface area contributed by atoms with Crippen molar-refractivity contribution in [3.05, 3.63) is 65.2 Å². The molecule has 0 fully saturated rings. The van der Waals surface area contributed by atoms with Crippen molar-refractivity contribution in [3.63, 3.8) is 0 Å². The summed E-state index contributed by atoms with van der Waals surface area (Å²) in [5, 5.41) is 2.25. The molecule has 0 saturated carbocycles. The third kappa shape index (κ3) is 3.68. The van der Waals surface area contributed by atoms with Crippen LogP contribution < -0.4 is 15.8 Å². The first-order chi connectivity index (χ1) is 11.5. The van der Waals surface area contributed by atoms with E-state index in [1.807, 2.05) is 0 Å². The fourth-order valence-electron chi connectivity index (χ4n) is 2.18. The van der Waals surface area contributed by atoms with Crippen molar-refractivity contribution >= 4 is 11.8 Å². The predicted molar refractivity (Wildman–Crippen MR) is 83.4 cm³/mol. The number of carbonyl (C=O) groups excluding carboxylic acids is 2. The lowest BCUT2D eigenvalue weighted by atomic mass is 10.1. The number of hydrogen-bond donors (Lipinski definition) is 2. The van der Waals surface area contributed by atoms with Crippen molar-refractivity contribution in [3.8, 4) is 5.75 Å². The quantitative estimate of drug-likeness (QED) is 0.851. The molecule has 2 rings (SSSR count). The first-order valence-electron chi connectivity index (χ1n) is 7.21. The van der Waals surface area contributed by atoms with Crippen LogP contribution >= 0.6 is 0 Å². The Labute approximate surface area is 137 Å². The van der Waals surface area contributed by atoms with Gasteiger partial charge in [0.25, 0.3) is 5.91 Å². The van der Waals surface area contributed by atoms with Crippen LogP contribution in [0.25, 0.3) is 0 Å². The van der Waals surface area contributed by atoms with Gasteiger partial charge >= 0.3 is 0 Å². The van der Waals surface area contributed by atoms with E-state index in [1.54, 1.807) is 37.3 Å². The lowest BCUT2D eigenvalue weighted by molar-refractivity contribution is -0.120. The fourth-order valence-corrected chi connectivity index (χ4v) is 2.18. The summed E-state index contributed by atoms with van der Waals surface area (Å²) in [5.41, 5.74) is 4.86. The molecule has 0 aliphatic heterocycles. The van der Waals surface area contributed by atoms with E-state index in [4.69, 9.17) is 10.5 Å². The van der Waals surface area contributed by atoms with Gasteiger partial charge in [0.15, 0.2) is 11.6 Å². The smallest absolute Gasteiger partial charge is 0.258 e. The van der Waals surface area contributed by atoms with Crippen LogP contribution in [-0.2, 0) is 4.79 Å². The van der Waals surface area contributed by atoms with Crippen molar-refractivity contribution in [1.82, 2.24) is 5.32 Å². The number of amides is 2. The zero-order valence-electron chi connectivity index (χ0n) is 12.9. The van der Waals surface area contributed by atoms with Crippen molar-refractivity contribution < 1.29 is 23.1 Å². The summed E-state index contributed by atoms with van der Waals surface area (Å²) < 4.78 is 33.2. The lowest BCUT2D eigenvalue weighted by Gasteiger charge is -2.17. The fraction of sp³-hybridized carbons (Fsp3) is 0.176. The molecule has 0 radical (unpaired) electrons. The van der Waals surface area contributed by atoms with Crippen molar-refractivity contribution in [2.75, 3.05) is 6.61 Å². The van der Waals surface area contributed by atoms with Gasteiger partial charge in [-0.25, -0.2) is 8.78 Å². The minimum absolute atomic E-state index is 0.150. The first kappa shape index (κ1) is 17.4. The highest BCUT2D eigenvalue weighted by molar-refractivity contribution is 5.98. The molecule has 0 aliphatic rings. The summed E-state index contributed by atoms with van der Waals surface area (Å²) in [7, 11) is 0. The maximum Gasteiger partial charge on any atom is 0.258 e. The van der Waals surface area contributed by atoms with Gasteiger partial charge in [0, 0.05) is 0 Å². The van der Waals surface area contributed by atoms with E-state index in [1.165, 1.54) is 0 Å². The van der Waals surface area contributed by atoms with E-state index in [9.17, 15) is 18.4 Å². The van der Waals surface area contributed by atoms with Crippen LogP contribution in [0.1, 0.15) is 28.9 Å². The monoisotopic (exact) mass is 334 g/mol. The van der Waals surface area contributed by atoms with Crippen LogP contribution in [-0.4, -0.2) is 18.4 Å². The van der Waals surface area contributed by atoms with Gasteiger partial charge in [-0.15, -0.1) is 0 Å². The molecule has 24 heavy (non-hydrogen) atoms. The summed E-state index contributed by atoms with van der Waals surface area (Å²) in [6.07, 6.45) is 0. The van der Waals surface area contributed by atoms with Gasteiger partial charge < -0.3 is 15.8 Å². The number of carbonyl (C=O) groups is 2. The summed E-state index contributed by atoms with van der Waals surface area (Å²) >= 11 is 0. The van der Waals surface area contributed by atoms with Gasteiger partial charge in [-0.2, -0.15) is 0 Å². The van der Waals surface area contributed by atoms with E-state index in [0.717, 1.165) is 12.1 Å². The summed E-state index contributed by atoms with van der Waals surface area (Å²) in [6.45, 7) is 1.78. The molecule has 0 heterocycles. The Morgan fingerprint density at radius 3 is 2.42 bits per heavy atom. The van der Waals surface area contributed by atoms with Crippen molar-refractivity contribution in [1.29, 1.82) is 0 Å². The Hall–Kier alpha value is -2.96. The molecule has 7 heteroatoms. The minimum atomic E-state index is -1.21. The number of primary amides is 1. The molecule has 0 spiro atoms.